The second-order valence-electron chi connectivity index (χ2n) is 8.76. The monoisotopic (exact) mass is 443 g/mol. The number of hydrogen-bond acceptors (Lipinski definition) is 4. The molecule has 2 aliphatic rings. The third kappa shape index (κ3) is 5.12. The Morgan fingerprint density at radius 2 is 1.67 bits per heavy atom. The number of fused-ring (bicyclic) bond motifs is 1. The summed E-state index contributed by atoms with van der Waals surface area (Å²) in [4.78, 5) is 30.6. The molecule has 0 radical (unpaired) electrons. The summed E-state index contributed by atoms with van der Waals surface area (Å²) in [6.45, 7) is 5.63. The first-order chi connectivity index (χ1) is 16.1. The zero-order chi connectivity index (χ0) is 23.2. The van der Waals surface area contributed by atoms with Crippen molar-refractivity contribution in [2.75, 3.05) is 19.6 Å². The number of aromatic nitrogens is 1. The van der Waals surface area contributed by atoms with Crippen molar-refractivity contribution >= 4 is 12.4 Å². The minimum Gasteiger partial charge on any atom is -0.483 e. The van der Waals surface area contributed by atoms with E-state index < -0.39 is 0 Å². The molecule has 0 aliphatic carbocycles. The van der Waals surface area contributed by atoms with Gasteiger partial charge in [0.15, 0.2) is 0 Å². The van der Waals surface area contributed by atoms with Crippen LogP contribution in [0.2, 0.25) is 0 Å². The van der Waals surface area contributed by atoms with E-state index in [1.165, 1.54) is 16.7 Å². The van der Waals surface area contributed by atoms with E-state index in [-0.39, 0.29) is 18.4 Å². The lowest BCUT2D eigenvalue weighted by Gasteiger charge is -2.30. The summed E-state index contributed by atoms with van der Waals surface area (Å²) < 4.78 is 0. The molecule has 3 heterocycles. The van der Waals surface area contributed by atoms with Gasteiger partial charge in [-0.2, -0.15) is 0 Å². The first kappa shape index (κ1) is 22.7. The van der Waals surface area contributed by atoms with E-state index in [2.05, 4.69) is 58.1 Å². The molecule has 5 rings (SSSR count). The maximum Gasteiger partial charge on any atom is 0.290 e. The topological polar surface area (TPSA) is 73.7 Å². The average Bonchev–Trinajstić information content (AvgIpc) is 3.38. The van der Waals surface area contributed by atoms with Crippen LogP contribution in [-0.4, -0.2) is 51.9 Å². The van der Waals surface area contributed by atoms with E-state index in [0.29, 0.717) is 11.8 Å². The van der Waals surface area contributed by atoms with Crippen LogP contribution in [0, 0.1) is 18.8 Å². The Balaban J connectivity index is 0.000000821. The van der Waals surface area contributed by atoms with Gasteiger partial charge in [0.25, 0.3) is 12.4 Å². The van der Waals surface area contributed by atoms with Crippen LogP contribution in [0.15, 0.2) is 79.1 Å². The fraction of sp³-hybridized carbons (Fsp3) is 0.296. The van der Waals surface area contributed by atoms with Gasteiger partial charge >= 0.3 is 0 Å². The van der Waals surface area contributed by atoms with Crippen LogP contribution in [0.3, 0.4) is 0 Å². The third-order valence-electron chi connectivity index (χ3n) is 6.60. The minimum absolute atomic E-state index is 0.132. The lowest BCUT2D eigenvalue weighted by molar-refractivity contribution is -0.122. The highest BCUT2D eigenvalue weighted by molar-refractivity contribution is 5.94. The van der Waals surface area contributed by atoms with Gasteiger partial charge in [-0.25, -0.2) is 0 Å². The molecule has 1 amide bonds. The molecule has 0 bridgehead atoms. The summed E-state index contributed by atoms with van der Waals surface area (Å²) in [5.41, 5.74) is 4.51. The number of aryl methyl sites for hydroxylation is 1. The van der Waals surface area contributed by atoms with Gasteiger partial charge in [0.1, 0.15) is 0 Å². The average molecular weight is 444 g/mol. The second kappa shape index (κ2) is 10.4. The van der Waals surface area contributed by atoms with Crippen molar-refractivity contribution < 1.29 is 14.7 Å². The van der Waals surface area contributed by atoms with Crippen LogP contribution >= 0.6 is 0 Å². The predicted molar refractivity (Wildman–Crippen MR) is 127 cm³/mol. The fourth-order valence-corrected chi connectivity index (χ4v) is 5.16. The van der Waals surface area contributed by atoms with Crippen molar-refractivity contribution in [2.45, 2.75) is 19.5 Å². The Morgan fingerprint density at radius 3 is 2.33 bits per heavy atom. The Morgan fingerprint density at radius 1 is 1.00 bits per heavy atom. The van der Waals surface area contributed by atoms with Gasteiger partial charge in [-0.15, -0.1) is 0 Å². The van der Waals surface area contributed by atoms with Crippen LogP contribution in [0.5, 0.6) is 0 Å². The fourth-order valence-electron chi connectivity index (χ4n) is 5.16. The number of hydrogen-bond donors (Lipinski definition) is 1. The van der Waals surface area contributed by atoms with Gasteiger partial charge in [-0.3, -0.25) is 19.5 Å². The molecule has 2 fully saturated rings. The molecule has 1 aromatic heterocycles. The molecule has 3 aromatic rings. The molecule has 0 unspecified atom stereocenters. The third-order valence-corrected chi connectivity index (χ3v) is 6.60. The largest absolute Gasteiger partial charge is 0.483 e. The minimum atomic E-state index is -0.250. The number of nitrogens with zero attached hydrogens (tertiary/aromatic N) is 3. The molecule has 0 spiro atoms. The standard InChI is InChI=1S/C26H27N3O.CH2O2/c1-19-7-9-22(10-8-19)26(30)29-17-23-16-28(15-20-11-13-27-14-12-20)18-24(23)25(29)21-5-3-2-4-6-21;2-1-3/h2-14,23-25H,15-18H2,1H3;1H,(H,2,3)/t23-,24-,25+;/m0./s1. The number of likely N-dealkylation sites (tertiary alicyclic amines) is 2. The summed E-state index contributed by atoms with van der Waals surface area (Å²) >= 11 is 0. The molecule has 170 valence electrons. The maximum atomic E-state index is 13.5. The van der Waals surface area contributed by atoms with Gasteiger partial charge in [-0.1, -0.05) is 48.0 Å². The van der Waals surface area contributed by atoms with E-state index in [4.69, 9.17) is 9.90 Å². The highest BCUT2D eigenvalue weighted by atomic mass is 16.3. The lowest BCUT2D eigenvalue weighted by atomic mass is 9.89. The molecule has 1 N–H and O–H groups in total. The predicted octanol–water partition coefficient (Wildman–Crippen LogP) is 4.04. The van der Waals surface area contributed by atoms with Crippen LogP contribution < -0.4 is 0 Å². The van der Waals surface area contributed by atoms with Crippen molar-refractivity contribution in [3.8, 4) is 0 Å². The van der Waals surface area contributed by atoms with Gasteiger partial charge in [0.05, 0.1) is 6.04 Å². The lowest BCUT2D eigenvalue weighted by Crippen LogP contribution is -2.35. The molecule has 33 heavy (non-hydrogen) atoms. The highest BCUT2D eigenvalue weighted by Gasteiger charge is 2.49. The summed E-state index contributed by atoms with van der Waals surface area (Å²) in [6, 6.07) is 22.9. The van der Waals surface area contributed by atoms with Crippen molar-refractivity contribution in [1.82, 2.24) is 14.8 Å². The summed E-state index contributed by atoms with van der Waals surface area (Å²) in [7, 11) is 0. The smallest absolute Gasteiger partial charge is 0.290 e. The number of carbonyl (C=O) groups excluding carboxylic acids is 1. The van der Waals surface area contributed by atoms with Crippen LogP contribution in [0.25, 0.3) is 0 Å². The van der Waals surface area contributed by atoms with E-state index in [9.17, 15) is 4.79 Å². The van der Waals surface area contributed by atoms with Crippen molar-refractivity contribution in [1.29, 1.82) is 0 Å². The summed E-state index contributed by atoms with van der Waals surface area (Å²) in [5.74, 6) is 1.12. The Kier molecular flexibility index (Phi) is 7.15. The number of carbonyl (C=O) groups is 2. The zero-order valence-electron chi connectivity index (χ0n) is 18.7. The number of amides is 1. The number of pyridine rings is 1. The van der Waals surface area contributed by atoms with Crippen LogP contribution in [-0.2, 0) is 11.3 Å². The van der Waals surface area contributed by atoms with E-state index in [1.54, 1.807) is 0 Å². The molecule has 0 saturated carbocycles. The molecule has 6 heteroatoms. The normalized spacial score (nSPS) is 21.7. The summed E-state index contributed by atoms with van der Waals surface area (Å²) in [5, 5.41) is 6.89. The van der Waals surface area contributed by atoms with Crippen molar-refractivity contribution in [3.05, 3.63) is 101 Å². The summed E-state index contributed by atoms with van der Waals surface area (Å²) in [6.07, 6.45) is 3.72. The van der Waals surface area contributed by atoms with Crippen molar-refractivity contribution in [2.24, 2.45) is 11.8 Å². The second-order valence-corrected chi connectivity index (χ2v) is 8.76. The van der Waals surface area contributed by atoms with Gasteiger partial charge in [0, 0.05) is 50.1 Å². The molecule has 2 aliphatic heterocycles. The van der Waals surface area contributed by atoms with Crippen LogP contribution in [0.1, 0.15) is 33.1 Å². The molecule has 6 nitrogen and oxygen atoms in total. The molecule has 3 atom stereocenters. The Hall–Kier alpha value is -3.51. The number of benzene rings is 2. The molecular formula is C27H29N3O3. The maximum absolute atomic E-state index is 13.5. The van der Waals surface area contributed by atoms with E-state index >= 15 is 0 Å². The molecule has 2 aromatic carbocycles. The van der Waals surface area contributed by atoms with E-state index in [1.807, 2.05) is 42.7 Å². The first-order valence-electron chi connectivity index (χ1n) is 11.2. The Labute approximate surface area is 194 Å². The highest BCUT2D eigenvalue weighted by Crippen LogP contribution is 2.45. The van der Waals surface area contributed by atoms with Crippen molar-refractivity contribution in [3.63, 3.8) is 0 Å². The van der Waals surface area contributed by atoms with E-state index in [0.717, 1.165) is 31.7 Å². The molecule has 2 saturated heterocycles. The zero-order valence-corrected chi connectivity index (χ0v) is 18.7. The number of rotatable bonds is 4. The van der Waals surface area contributed by atoms with Crippen LogP contribution in [0.4, 0.5) is 0 Å². The number of carboxylic acid groups (broad SMARTS) is 1. The SMILES string of the molecule is Cc1ccc(C(=O)N2C[C@@H]3CN(Cc4ccncc4)C[C@@H]3[C@H]2c2ccccc2)cc1.O=CO. The van der Waals surface area contributed by atoms with Gasteiger partial charge < -0.3 is 10.0 Å². The quantitative estimate of drug-likeness (QED) is 0.616. The van der Waals surface area contributed by atoms with Gasteiger partial charge in [0.2, 0.25) is 0 Å². The van der Waals surface area contributed by atoms with Gasteiger partial charge in [-0.05, 0) is 48.2 Å². The Bertz CT molecular complexity index is 1060. The molecular weight excluding hydrogens is 414 g/mol. The first-order valence-corrected chi connectivity index (χ1v) is 11.2.